The molecule has 3 aliphatic rings. The fourth-order valence-corrected chi connectivity index (χ4v) is 5.90. The van der Waals surface area contributed by atoms with Gasteiger partial charge >= 0.3 is 0 Å². The van der Waals surface area contributed by atoms with Gasteiger partial charge in [0.2, 0.25) is 5.91 Å². The number of benzene rings is 1. The lowest BCUT2D eigenvalue weighted by Crippen LogP contribution is -2.41. The van der Waals surface area contributed by atoms with Crippen molar-refractivity contribution in [3.63, 3.8) is 0 Å². The standard InChI is InChI=1S/C25H30N6O/c26-23-22-21(20-15-18-7-3-4-8-19(18)28-20)29-24(31(22)14-11-27-23)16-9-12-30(13-10-16)25(32)17-5-1-2-6-17/h3-4,7-8,11,14,16-17,20,28H,1-2,5-6,9-10,12-13,15H2,(H2,26,27). The largest absolute Gasteiger partial charge is 0.382 e. The molecule has 32 heavy (non-hydrogen) atoms. The van der Waals surface area contributed by atoms with Crippen LogP contribution < -0.4 is 11.1 Å². The number of aromatic nitrogens is 3. The first kappa shape index (κ1) is 19.6. The molecule has 1 aromatic carbocycles. The Bertz CT molecular complexity index is 1130. The summed E-state index contributed by atoms with van der Waals surface area (Å²) in [6.07, 6.45) is 11.0. The van der Waals surface area contributed by atoms with Crippen LogP contribution in [0.4, 0.5) is 11.5 Å². The lowest BCUT2D eigenvalue weighted by molar-refractivity contribution is -0.136. The Morgan fingerprint density at radius 2 is 1.88 bits per heavy atom. The molecule has 2 aliphatic heterocycles. The first-order chi connectivity index (χ1) is 15.7. The van der Waals surface area contributed by atoms with E-state index in [9.17, 15) is 4.79 Å². The van der Waals surface area contributed by atoms with Crippen molar-refractivity contribution in [1.82, 2.24) is 19.3 Å². The third kappa shape index (κ3) is 3.22. The monoisotopic (exact) mass is 430 g/mol. The fraction of sp³-hybridized carbons (Fsp3) is 0.480. The van der Waals surface area contributed by atoms with Gasteiger partial charge in [-0.3, -0.25) is 9.20 Å². The van der Waals surface area contributed by atoms with Crippen LogP contribution in [0.3, 0.4) is 0 Å². The quantitative estimate of drug-likeness (QED) is 0.658. The molecule has 3 N–H and O–H groups in total. The number of fused-ring (bicyclic) bond motifs is 2. The number of nitrogens with two attached hydrogens (primary N) is 1. The van der Waals surface area contributed by atoms with Gasteiger partial charge < -0.3 is 16.0 Å². The number of anilines is 2. The normalized spacial score (nSPS) is 21.8. The predicted molar refractivity (Wildman–Crippen MR) is 124 cm³/mol. The Kier molecular flexibility index (Phi) is 4.77. The molecular weight excluding hydrogens is 400 g/mol. The van der Waals surface area contributed by atoms with Gasteiger partial charge in [0.1, 0.15) is 17.2 Å². The number of hydrogen-bond acceptors (Lipinski definition) is 5. The van der Waals surface area contributed by atoms with Crippen LogP contribution in [0.1, 0.15) is 67.6 Å². The molecule has 0 bridgehead atoms. The summed E-state index contributed by atoms with van der Waals surface area (Å²) in [4.78, 5) is 24.5. The van der Waals surface area contributed by atoms with E-state index in [1.807, 2.05) is 6.20 Å². The molecule has 0 spiro atoms. The van der Waals surface area contributed by atoms with Crippen LogP contribution in [0, 0.1) is 5.92 Å². The smallest absolute Gasteiger partial charge is 0.225 e. The van der Waals surface area contributed by atoms with Crippen molar-refractivity contribution in [2.24, 2.45) is 5.92 Å². The molecule has 7 heteroatoms. The molecule has 2 fully saturated rings. The molecule has 1 atom stereocenters. The van der Waals surface area contributed by atoms with Crippen LogP contribution in [0.5, 0.6) is 0 Å². The Morgan fingerprint density at radius 3 is 2.66 bits per heavy atom. The molecule has 1 saturated carbocycles. The number of nitrogens with one attached hydrogen (secondary N) is 1. The van der Waals surface area contributed by atoms with Crippen LogP contribution in [-0.2, 0) is 11.2 Å². The van der Waals surface area contributed by atoms with Crippen molar-refractivity contribution in [2.45, 2.75) is 56.9 Å². The molecule has 4 heterocycles. The third-order valence-corrected chi connectivity index (χ3v) is 7.61. The SMILES string of the molecule is Nc1nccn2c(C3CCN(C(=O)C4CCCC4)CC3)nc(C3Cc4ccccc4N3)c12. The summed E-state index contributed by atoms with van der Waals surface area (Å²) in [5.74, 6) is 2.51. The Hall–Kier alpha value is -3.09. The number of nitrogens with zero attached hydrogens (tertiary/aromatic N) is 4. The zero-order valence-electron chi connectivity index (χ0n) is 18.3. The van der Waals surface area contributed by atoms with E-state index in [1.165, 1.54) is 24.1 Å². The molecule has 166 valence electrons. The van der Waals surface area contributed by atoms with Crippen molar-refractivity contribution in [3.05, 3.63) is 53.7 Å². The van der Waals surface area contributed by atoms with E-state index < -0.39 is 0 Å². The van der Waals surface area contributed by atoms with Crippen molar-refractivity contribution in [2.75, 3.05) is 24.1 Å². The Balaban J connectivity index is 1.27. The number of piperidine rings is 1. The topological polar surface area (TPSA) is 88.5 Å². The number of carbonyl (C=O) groups is 1. The number of rotatable bonds is 3. The van der Waals surface area contributed by atoms with Crippen molar-refractivity contribution < 1.29 is 4.79 Å². The molecule has 1 unspecified atom stereocenters. The minimum atomic E-state index is 0.0895. The van der Waals surface area contributed by atoms with E-state index in [4.69, 9.17) is 10.7 Å². The summed E-state index contributed by atoms with van der Waals surface area (Å²) >= 11 is 0. The average Bonchev–Trinajstić information content (AvgIpc) is 3.57. The second kappa shape index (κ2) is 7.80. The summed E-state index contributed by atoms with van der Waals surface area (Å²) < 4.78 is 2.14. The number of nitrogen functional groups attached to an aromatic ring is 1. The van der Waals surface area contributed by atoms with Gasteiger partial charge in [-0.1, -0.05) is 31.0 Å². The lowest BCUT2D eigenvalue weighted by Gasteiger charge is -2.33. The fourth-order valence-electron chi connectivity index (χ4n) is 5.90. The minimum Gasteiger partial charge on any atom is -0.382 e. The molecule has 7 nitrogen and oxygen atoms in total. The van der Waals surface area contributed by atoms with Gasteiger partial charge in [-0.15, -0.1) is 0 Å². The van der Waals surface area contributed by atoms with E-state index in [1.54, 1.807) is 6.20 Å². The van der Waals surface area contributed by atoms with Crippen molar-refractivity contribution >= 4 is 22.9 Å². The van der Waals surface area contributed by atoms with Gasteiger partial charge in [-0.2, -0.15) is 0 Å². The molecule has 0 radical (unpaired) electrons. The van der Waals surface area contributed by atoms with Gasteiger partial charge in [0.05, 0.1) is 11.7 Å². The first-order valence-electron chi connectivity index (χ1n) is 11.9. The number of carbonyl (C=O) groups excluding carboxylic acids is 1. The summed E-state index contributed by atoms with van der Waals surface area (Å²) in [5, 5.41) is 3.63. The molecule has 1 amide bonds. The number of hydrogen-bond donors (Lipinski definition) is 2. The maximum Gasteiger partial charge on any atom is 0.225 e. The maximum absolute atomic E-state index is 12.9. The van der Waals surface area contributed by atoms with Gasteiger partial charge in [0.25, 0.3) is 0 Å². The van der Waals surface area contributed by atoms with Crippen LogP contribution in [0.25, 0.3) is 5.52 Å². The first-order valence-corrected chi connectivity index (χ1v) is 11.9. The highest BCUT2D eigenvalue weighted by molar-refractivity contribution is 5.79. The highest BCUT2D eigenvalue weighted by Crippen LogP contribution is 2.39. The van der Waals surface area contributed by atoms with Crippen molar-refractivity contribution in [3.8, 4) is 0 Å². The number of para-hydroxylation sites is 1. The molecule has 1 aliphatic carbocycles. The number of likely N-dealkylation sites (tertiary alicyclic amines) is 1. The zero-order valence-corrected chi connectivity index (χ0v) is 18.3. The van der Waals surface area contributed by atoms with E-state index in [0.29, 0.717) is 17.6 Å². The maximum atomic E-state index is 12.9. The molecule has 1 saturated heterocycles. The van der Waals surface area contributed by atoms with Gasteiger partial charge in [-0.05, 0) is 37.3 Å². The van der Waals surface area contributed by atoms with Crippen LogP contribution in [-0.4, -0.2) is 38.3 Å². The Morgan fingerprint density at radius 1 is 1.09 bits per heavy atom. The summed E-state index contributed by atoms with van der Waals surface area (Å²) in [6.45, 7) is 1.63. The van der Waals surface area contributed by atoms with E-state index >= 15 is 0 Å². The molecule has 2 aromatic heterocycles. The second-order valence-corrected chi connectivity index (χ2v) is 9.53. The summed E-state index contributed by atoms with van der Waals surface area (Å²) in [5.41, 5.74) is 10.7. The van der Waals surface area contributed by atoms with E-state index in [0.717, 1.165) is 62.2 Å². The Labute approximate surface area is 188 Å². The second-order valence-electron chi connectivity index (χ2n) is 9.53. The molecule has 6 rings (SSSR count). The summed E-state index contributed by atoms with van der Waals surface area (Å²) in [6, 6.07) is 8.51. The number of amides is 1. The third-order valence-electron chi connectivity index (χ3n) is 7.61. The van der Waals surface area contributed by atoms with E-state index in [2.05, 4.69) is 43.9 Å². The zero-order chi connectivity index (χ0) is 21.7. The lowest BCUT2D eigenvalue weighted by atomic mass is 9.94. The van der Waals surface area contributed by atoms with Gasteiger partial charge in [-0.25, -0.2) is 9.97 Å². The average molecular weight is 431 g/mol. The van der Waals surface area contributed by atoms with Crippen molar-refractivity contribution in [1.29, 1.82) is 0 Å². The summed E-state index contributed by atoms with van der Waals surface area (Å²) in [7, 11) is 0. The highest BCUT2D eigenvalue weighted by atomic mass is 16.2. The van der Waals surface area contributed by atoms with Crippen LogP contribution >= 0.6 is 0 Å². The van der Waals surface area contributed by atoms with Crippen LogP contribution in [0.2, 0.25) is 0 Å². The van der Waals surface area contributed by atoms with Gasteiger partial charge in [0, 0.05) is 49.4 Å². The molecular formula is C25H30N6O. The minimum absolute atomic E-state index is 0.0895. The van der Waals surface area contributed by atoms with Crippen LogP contribution in [0.15, 0.2) is 36.7 Å². The predicted octanol–water partition coefficient (Wildman–Crippen LogP) is 3.92. The highest BCUT2D eigenvalue weighted by Gasteiger charge is 2.34. The van der Waals surface area contributed by atoms with Gasteiger partial charge in [0.15, 0.2) is 0 Å². The molecule has 3 aromatic rings. The van der Waals surface area contributed by atoms with E-state index in [-0.39, 0.29) is 12.0 Å². The number of imidazole rings is 1.